The van der Waals surface area contributed by atoms with E-state index in [9.17, 15) is 18.4 Å². The number of pyridine rings is 1. The van der Waals surface area contributed by atoms with E-state index in [1.54, 1.807) is 24.3 Å². The number of nitrogens with one attached hydrogen (secondary N) is 1. The predicted octanol–water partition coefficient (Wildman–Crippen LogP) is 2.48. The Labute approximate surface area is 177 Å². The van der Waals surface area contributed by atoms with Crippen LogP contribution in [0.3, 0.4) is 0 Å². The normalized spacial score (nSPS) is 21.2. The Kier molecular flexibility index (Phi) is 5.99. The molecular formula is C21H22F2N4O4. The molecule has 0 spiro atoms. The van der Waals surface area contributed by atoms with E-state index in [0.29, 0.717) is 35.8 Å². The third-order valence-electron chi connectivity index (χ3n) is 5.14. The second-order valence-electron chi connectivity index (χ2n) is 7.33. The summed E-state index contributed by atoms with van der Waals surface area (Å²) in [6.07, 6.45) is -0.878. The van der Waals surface area contributed by atoms with Crippen LogP contribution in [0.1, 0.15) is 6.92 Å². The summed E-state index contributed by atoms with van der Waals surface area (Å²) in [7, 11) is 0. The average Bonchev–Trinajstić information content (AvgIpc) is 3.13. The number of alkyl halides is 1. The Morgan fingerprint density at radius 3 is 2.84 bits per heavy atom. The number of amides is 2. The summed E-state index contributed by atoms with van der Waals surface area (Å²) in [5, 5.41) is 2.60. The molecule has 31 heavy (non-hydrogen) atoms. The van der Waals surface area contributed by atoms with E-state index in [2.05, 4.69) is 10.3 Å². The van der Waals surface area contributed by atoms with Crippen LogP contribution in [-0.2, 0) is 14.3 Å². The molecule has 164 valence electrons. The molecule has 2 atom stereocenters. The molecule has 2 aromatic rings. The minimum Gasteiger partial charge on any atom is -0.442 e. The van der Waals surface area contributed by atoms with Crippen LogP contribution < -0.4 is 15.1 Å². The first kappa shape index (κ1) is 21.0. The van der Waals surface area contributed by atoms with E-state index in [1.807, 2.05) is 0 Å². The third kappa shape index (κ3) is 4.58. The maximum atomic E-state index is 14.8. The number of ether oxygens (including phenoxy) is 2. The first-order valence-electron chi connectivity index (χ1n) is 9.89. The molecule has 3 heterocycles. The van der Waals surface area contributed by atoms with Gasteiger partial charge in [0, 0.05) is 30.8 Å². The maximum absolute atomic E-state index is 14.8. The van der Waals surface area contributed by atoms with Crippen LogP contribution in [-0.4, -0.2) is 62.2 Å². The van der Waals surface area contributed by atoms with Gasteiger partial charge in [-0.2, -0.15) is 0 Å². The summed E-state index contributed by atoms with van der Waals surface area (Å²) in [6, 6.07) is 7.75. The van der Waals surface area contributed by atoms with Gasteiger partial charge in [0.05, 0.1) is 32.0 Å². The zero-order valence-corrected chi connectivity index (χ0v) is 16.9. The first-order valence-corrected chi connectivity index (χ1v) is 9.89. The molecule has 0 radical (unpaired) electrons. The lowest BCUT2D eigenvalue weighted by Crippen LogP contribution is -2.43. The van der Waals surface area contributed by atoms with E-state index in [0.717, 1.165) is 0 Å². The SMILES string of the molecule is CC(=O)NC[C@H]1CN(c2ccc(-c3ccc(N4CCOCC4F)nc3)c(F)c2)C(=O)O1. The molecule has 0 bridgehead atoms. The number of hydrogen-bond acceptors (Lipinski definition) is 6. The Morgan fingerprint density at radius 1 is 1.32 bits per heavy atom. The molecule has 2 amide bonds. The van der Waals surface area contributed by atoms with E-state index in [-0.39, 0.29) is 25.6 Å². The largest absolute Gasteiger partial charge is 0.442 e. The fourth-order valence-corrected chi connectivity index (χ4v) is 3.55. The lowest BCUT2D eigenvalue weighted by Gasteiger charge is -2.31. The molecule has 1 aromatic carbocycles. The zero-order valence-electron chi connectivity index (χ0n) is 16.9. The van der Waals surface area contributed by atoms with Crippen molar-refractivity contribution in [2.24, 2.45) is 0 Å². The molecular weight excluding hydrogens is 410 g/mol. The van der Waals surface area contributed by atoms with Crippen LogP contribution in [0.2, 0.25) is 0 Å². The first-order chi connectivity index (χ1) is 14.9. The topological polar surface area (TPSA) is 84.0 Å². The van der Waals surface area contributed by atoms with Gasteiger partial charge in [0.15, 0.2) is 6.30 Å². The molecule has 1 N–H and O–H groups in total. The summed E-state index contributed by atoms with van der Waals surface area (Å²) in [6.45, 7) is 2.58. The van der Waals surface area contributed by atoms with Crippen LogP contribution in [0.15, 0.2) is 36.5 Å². The standard InChI is InChI=1S/C21H22F2N4O4/c1-13(28)24-10-16-11-27(21(29)31-16)15-3-4-17(18(22)8-15)14-2-5-20(25-9-14)26-6-7-30-12-19(26)23/h2-5,8-9,16,19H,6-7,10-12H2,1H3,(H,24,28)/t16-,19?/m0/s1. The quantitative estimate of drug-likeness (QED) is 0.731. The lowest BCUT2D eigenvalue weighted by atomic mass is 10.1. The molecule has 2 fully saturated rings. The number of nitrogens with zero attached hydrogens (tertiary/aromatic N) is 3. The van der Waals surface area contributed by atoms with Crippen molar-refractivity contribution in [1.82, 2.24) is 10.3 Å². The Balaban J connectivity index is 1.47. The maximum Gasteiger partial charge on any atom is 0.414 e. The predicted molar refractivity (Wildman–Crippen MR) is 109 cm³/mol. The molecule has 1 unspecified atom stereocenters. The number of morpholine rings is 1. The number of rotatable bonds is 5. The molecule has 2 saturated heterocycles. The number of halogens is 2. The monoisotopic (exact) mass is 432 g/mol. The van der Waals surface area contributed by atoms with Crippen LogP contribution >= 0.6 is 0 Å². The van der Waals surface area contributed by atoms with Crippen LogP contribution in [0.4, 0.5) is 25.1 Å². The molecule has 4 rings (SSSR count). The molecule has 2 aliphatic rings. The number of anilines is 2. The summed E-state index contributed by atoms with van der Waals surface area (Å²) >= 11 is 0. The number of carbonyl (C=O) groups is 2. The number of hydrogen-bond donors (Lipinski definition) is 1. The van der Waals surface area contributed by atoms with Crippen molar-refractivity contribution in [1.29, 1.82) is 0 Å². The number of aromatic nitrogens is 1. The summed E-state index contributed by atoms with van der Waals surface area (Å²) in [5.41, 5.74) is 1.20. The second-order valence-corrected chi connectivity index (χ2v) is 7.33. The molecule has 2 aliphatic heterocycles. The summed E-state index contributed by atoms with van der Waals surface area (Å²) in [4.78, 5) is 30.2. The van der Waals surface area contributed by atoms with Crippen molar-refractivity contribution in [3.05, 3.63) is 42.3 Å². The van der Waals surface area contributed by atoms with Crippen molar-refractivity contribution in [2.75, 3.05) is 42.6 Å². The van der Waals surface area contributed by atoms with Gasteiger partial charge in [-0.15, -0.1) is 0 Å². The minimum atomic E-state index is -1.27. The van der Waals surface area contributed by atoms with Crippen LogP contribution in [0.25, 0.3) is 11.1 Å². The van der Waals surface area contributed by atoms with Crippen molar-refractivity contribution in [2.45, 2.75) is 19.3 Å². The lowest BCUT2D eigenvalue weighted by molar-refractivity contribution is -0.119. The van der Waals surface area contributed by atoms with Crippen molar-refractivity contribution >= 4 is 23.5 Å². The van der Waals surface area contributed by atoms with Gasteiger partial charge in [-0.1, -0.05) is 0 Å². The van der Waals surface area contributed by atoms with E-state index >= 15 is 0 Å². The van der Waals surface area contributed by atoms with Gasteiger partial charge in [-0.05, 0) is 30.3 Å². The van der Waals surface area contributed by atoms with Gasteiger partial charge < -0.3 is 19.7 Å². The van der Waals surface area contributed by atoms with E-state index in [1.165, 1.54) is 29.0 Å². The van der Waals surface area contributed by atoms with Crippen LogP contribution in [0.5, 0.6) is 0 Å². The molecule has 1 aromatic heterocycles. The highest BCUT2D eigenvalue weighted by atomic mass is 19.1. The highest BCUT2D eigenvalue weighted by Gasteiger charge is 2.32. The molecule has 0 saturated carbocycles. The molecule has 8 nitrogen and oxygen atoms in total. The summed E-state index contributed by atoms with van der Waals surface area (Å²) in [5.74, 6) is -0.290. The van der Waals surface area contributed by atoms with Crippen LogP contribution in [0, 0.1) is 5.82 Å². The number of carbonyl (C=O) groups excluding carboxylic acids is 2. The van der Waals surface area contributed by atoms with Gasteiger partial charge in [0.2, 0.25) is 5.91 Å². The van der Waals surface area contributed by atoms with Gasteiger partial charge in [0.1, 0.15) is 17.7 Å². The molecule has 10 heteroatoms. The smallest absolute Gasteiger partial charge is 0.414 e. The number of benzene rings is 1. The van der Waals surface area contributed by atoms with Crippen molar-refractivity contribution in [3.8, 4) is 11.1 Å². The summed E-state index contributed by atoms with van der Waals surface area (Å²) < 4.78 is 39.1. The van der Waals surface area contributed by atoms with Gasteiger partial charge >= 0.3 is 6.09 Å². The van der Waals surface area contributed by atoms with Gasteiger partial charge in [-0.25, -0.2) is 18.6 Å². The Morgan fingerprint density at radius 2 is 2.16 bits per heavy atom. The third-order valence-corrected chi connectivity index (χ3v) is 5.14. The minimum absolute atomic E-state index is 0.00979. The van der Waals surface area contributed by atoms with E-state index in [4.69, 9.17) is 9.47 Å². The number of cyclic esters (lactones) is 1. The average molecular weight is 432 g/mol. The van der Waals surface area contributed by atoms with Gasteiger partial charge in [-0.3, -0.25) is 9.69 Å². The Bertz CT molecular complexity index is 972. The fraction of sp³-hybridized carbons (Fsp3) is 0.381. The van der Waals surface area contributed by atoms with Crippen molar-refractivity contribution in [3.63, 3.8) is 0 Å². The van der Waals surface area contributed by atoms with Gasteiger partial charge in [0.25, 0.3) is 0 Å². The molecule has 0 aliphatic carbocycles. The zero-order chi connectivity index (χ0) is 22.0. The second kappa shape index (κ2) is 8.84. The Hall–Kier alpha value is -3.27. The fourth-order valence-electron chi connectivity index (χ4n) is 3.55. The highest BCUT2D eigenvalue weighted by molar-refractivity contribution is 5.90. The van der Waals surface area contributed by atoms with E-state index < -0.39 is 24.3 Å². The van der Waals surface area contributed by atoms with Crippen molar-refractivity contribution < 1.29 is 27.8 Å². The highest BCUT2D eigenvalue weighted by Crippen LogP contribution is 2.30.